The Morgan fingerprint density at radius 3 is 2.44 bits per heavy atom. The molecule has 0 saturated carbocycles. The van der Waals surface area contributed by atoms with E-state index in [1.807, 2.05) is 76.4 Å². The van der Waals surface area contributed by atoms with Crippen molar-refractivity contribution in [3.8, 4) is 0 Å². The number of alkyl halides is 3. The number of pyridine rings is 1. The lowest BCUT2D eigenvalue weighted by molar-refractivity contribution is -0.138. The van der Waals surface area contributed by atoms with Gasteiger partial charge in [-0.1, -0.05) is 65.9 Å². The number of para-hydroxylation sites is 1. The van der Waals surface area contributed by atoms with Crippen LogP contribution in [-0.2, 0) is 40.3 Å². The van der Waals surface area contributed by atoms with Crippen molar-refractivity contribution >= 4 is 66.1 Å². The first-order chi connectivity index (χ1) is 29.9. The molecule has 1 atom stereocenters. The van der Waals surface area contributed by atoms with Crippen LogP contribution in [0.25, 0.3) is 10.2 Å². The van der Waals surface area contributed by atoms with Gasteiger partial charge in [0, 0.05) is 42.4 Å². The third kappa shape index (κ3) is 10.5. The molecule has 2 N–H and O–H groups in total. The Morgan fingerprint density at radius 2 is 1.65 bits per heavy atom. The van der Waals surface area contributed by atoms with Gasteiger partial charge in [-0.15, -0.1) is 11.8 Å². The molecule has 1 fully saturated rings. The number of aromatic nitrogens is 2. The van der Waals surface area contributed by atoms with Crippen molar-refractivity contribution in [2.24, 2.45) is 5.92 Å². The predicted octanol–water partition coefficient (Wildman–Crippen LogP) is 8.32. The predicted molar refractivity (Wildman–Crippen MR) is 235 cm³/mol. The van der Waals surface area contributed by atoms with E-state index in [1.54, 1.807) is 30.0 Å². The Bertz CT molecular complexity index is 2640. The van der Waals surface area contributed by atoms with Crippen LogP contribution in [0, 0.1) is 5.92 Å². The van der Waals surface area contributed by atoms with Crippen molar-refractivity contribution in [1.29, 1.82) is 0 Å². The third-order valence-electron chi connectivity index (χ3n) is 10.9. The van der Waals surface area contributed by atoms with Gasteiger partial charge in [-0.05, 0) is 103 Å². The second-order valence-corrected chi connectivity index (χ2v) is 18.9. The second-order valence-electron chi connectivity index (χ2n) is 15.1. The molecule has 0 bridgehead atoms. The highest BCUT2D eigenvalue weighted by Gasteiger charge is 2.36. The number of anilines is 2. The highest BCUT2D eigenvalue weighted by molar-refractivity contribution is 7.99. The fourth-order valence-electron chi connectivity index (χ4n) is 7.68. The number of carbonyl (C=O) groups is 2. The number of sulfonamides is 1. The average molecular weight is 901 g/mol. The average Bonchev–Trinajstić information content (AvgIpc) is 3.69. The minimum atomic E-state index is -4.86. The molecule has 2 aliphatic rings. The molecular weight excluding hydrogens is 858 g/mol. The molecule has 2 amide bonds. The molecular formula is C45H43F3N6O5S3. The van der Waals surface area contributed by atoms with Crippen LogP contribution < -0.4 is 14.9 Å². The van der Waals surface area contributed by atoms with E-state index in [-0.39, 0.29) is 36.0 Å². The zero-order valence-corrected chi connectivity index (χ0v) is 35.9. The van der Waals surface area contributed by atoms with Gasteiger partial charge in [-0.2, -0.15) is 13.2 Å². The van der Waals surface area contributed by atoms with Gasteiger partial charge in [0.25, 0.3) is 21.8 Å². The maximum absolute atomic E-state index is 14.7. The highest BCUT2D eigenvalue weighted by Crippen LogP contribution is 2.36. The molecule has 6 aromatic rings. The number of ether oxygens (including phenoxy) is 1. The molecule has 17 heteroatoms. The van der Waals surface area contributed by atoms with Gasteiger partial charge >= 0.3 is 6.18 Å². The molecule has 1 saturated heterocycles. The van der Waals surface area contributed by atoms with Crippen LogP contribution in [0.3, 0.4) is 0 Å². The van der Waals surface area contributed by atoms with Crippen molar-refractivity contribution in [2.45, 2.75) is 41.8 Å². The van der Waals surface area contributed by atoms with Crippen LogP contribution in [0.1, 0.15) is 49.5 Å². The van der Waals surface area contributed by atoms with E-state index in [9.17, 15) is 31.2 Å². The maximum Gasteiger partial charge on any atom is 0.416 e. The normalized spacial score (nSPS) is 15.2. The van der Waals surface area contributed by atoms with E-state index in [0.717, 1.165) is 45.4 Å². The fraction of sp³-hybridized carbons (Fsp3) is 0.289. The van der Waals surface area contributed by atoms with Gasteiger partial charge in [-0.25, -0.2) is 23.1 Å². The summed E-state index contributed by atoms with van der Waals surface area (Å²) in [6.07, 6.45) is -3.56. The molecule has 2 aliphatic heterocycles. The number of fused-ring (bicyclic) bond motifs is 2. The lowest BCUT2D eigenvalue weighted by Gasteiger charge is -2.31. The Morgan fingerprint density at radius 1 is 0.871 bits per heavy atom. The van der Waals surface area contributed by atoms with Crippen LogP contribution >= 0.6 is 23.1 Å². The van der Waals surface area contributed by atoms with Crippen LogP contribution in [0.4, 0.5) is 24.1 Å². The van der Waals surface area contributed by atoms with Gasteiger partial charge in [0.15, 0.2) is 5.13 Å². The number of halogens is 3. The van der Waals surface area contributed by atoms with E-state index >= 15 is 0 Å². The maximum atomic E-state index is 14.7. The number of rotatable bonds is 14. The minimum absolute atomic E-state index is 0.0155. The van der Waals surface area contributed by atoms with Crippen molar-refractivity contribution in [3.63, 3.8) is 0 Å². The first kappa shape index (κ1) is 43.3. The van der Waals surface area contributed by atoms with Crippen LogP contribution in [0.15, 0.2) is 119 Å². The van der Waals surface area contributed by atoms with Crippen LogP contribution in [0.5, 0.6) is 0 Å². The number of hydrogen-bond acceptors (Lipinski definition) is 11. The first-order valence-electron chi connectivity index (χ1n) is 20.1. The lowest BCUT2D eigenvalue weighted by atomic mass is 9.94. The number of thioether (sulfide) groups is 1. The molecule has 4 aromatic carbocycles. The quantitative estimate of drug-likeness (QED) is 0.103. The number of carbonyl (C=O) groups excluding carboxylic acids is 2. The van der Waals surface area contributed by atoms with E-state index in [1.165, 1.54) is 23.5 Å². The summed E-state index contributed by atoms with van der Waals surface area (Å²) in [5.74, 6) is -0.634. The minimum Gasteiger partial charge on any atom is -0.379 e. The lowest BCUT2D eigenvalue weighted by Crippen LogP contribution is -2.37. The monoisotopic (exact) mass is 900 g/mol. The number of amides is 2. The second kappa shape index (κ2) is 19.0. The Labute approximate surface area is 365 Å². The molecule has 0 spiro atoms. The van der Waals surface area contributed by atoms with Crippen molar-refractivity contribution in [1.82, 2.24) is 19.6 Å². The Balaban J connectivity index is 0.963. The molecule has 0 unspecified atom stereocenters. The number of nitrogens with one attached hydrogen (secondary N) is 2. The van der Waals surface area contributed by atoms with Crippen LogP contribution in [-0.4, -0.2) is 80.2 Å². The van der Waals surface area contributed by atoms with E-state index in [0.29, 0.717) is 67.5 Å². The summed E-state index contributed by atoms with van der Waals surface area (Å²) < 4.78 is 79.6. The standard InChI is InChI=1S/C45H43F3N6O5S3/c46-45(47,48)37-27-34(17-16-32(37)26-30(18-20-53-22-24-59-25-23-53)29-60-33-9-2-1-3-10-33)62(57,58)52-43(56)39-13-7-15-41(49-39)54-21-19-31-8-6-11-35(36(31)28-54)42(55)51-44-50-38-12-4-5-14-40(38)61-44/h1-17,27,30H,18-26,28-29H2,(H,52,56)(H,50,51,55)/t30-/m0/s1. The van der Waals surface area contributed by atoms with E-state index < -0.39 is 32.6 Å². The van der Waals surface area contributed by atoms with Gasteiger partial charge in [0.05, 0.1) is 33.9 Å². The number of nitrogens with zero attached hydrogens (tertiary/aromatic N) is 4. The number of benzene rings is 4. The van der Waals surface area contributed by atoms with Crippen molar-refractivity contribution < 1.29 is 35.9 Å². The summed E-state index contributed by atoms with van der Waals surface area (Å²) in [7, 11) is -4.76. The van der Waals surface area contributed by atoms with Gasteiger partial charge in [0.1, 0.15) is 11.5 Å². The van der Waals surface area contributed by atoms with Gasteiger partial charge in [-0.3, -0.25) is 19.8 Å². The SMILES string of the molecule is O=C(NS(=O)(=O)c1ccc(C[C@H](CCN2CCOCC2)CSc2ccccc2)c(C(F)(F)F)c1)c1cccc(N2CCc3cccc(C(=O)Nc4nc5ccccc5s4)c3C2)n1. The molecule has 2 aromatic heterocycles. The topological polar surface area (TPSA) is 134 Å². The fourth-order valence-corrected chi connectivity index (χ4v) is 10.6. The summed E-state index contributed by atoms with van der Waals surface area (Å²) in [5, 5.41) is 3.39. The van der Waals surface area contributed by atoms with Crippen molar-refractivity contribution in [2.75, 3.05) is 55.4 Å². The van der Waals surface area contributed by atoms with Gasteiger partial charge in [0.2, 0.25) is 0 Å². The number of hydrogen-bond donors (Lipinski definition) is 2. The van der Waals surface area contributed by atoms with Gasteiger partial charge < -0.3 is 9.64 Å². The molecule has 62 heavy (non-hydrogen) atoms. The summed E-state index contributed by atoms with van der Waals surface area (Å²) in [6.45, 7) is 4.21. The smallest absolute Gasteiger partial charge is 0.379 e. The van der Waals surface area contributed by atoms with Crippen molar-refractivity contribution in [3.05, 3.63) is 143 Å². The molecule has 0 aliphatic carbocycles. The first-order valence-corrected chi connectivity index (χ1v) is 23.4. The van der Waals surface area contributed by atoms with E-state index in [2.05, 4.69) is 20.2 Å². The molecule has 4 heterocycles. The van der Waals surface area contributed by atoms with Crippen LogP contribution in [0.2, 0.25) is 0 Å². The Kier molecular flexibility index (Phi) is 13.3. The Hall–Kier alpha value is -5.33. The summed E-state index contributed by atoms with van der Waals surface area (Å²) in [6, 6.07) is 30.2. The molecule has 0 radical (unpaired) electrons. The summed E-state index contributed by atoms with van der Waals surface area (Å²) in [4.78, 5) is 40.4. The zero-order valence-electron chi connectivity index (χ0n) is 33.4. The summed E-state index contributed by atoms with van der Waals surface area (Å²) >= 11 is 2.95. The number of thiazole rings is 1. The zero-order chi connectivity index (χ0) is 43.3. The largest absolute Gasteiger partial charge is 0.416 e. The number of morpholine rings is 1. The molecule has 11 nitrogen and oxygen atoms in total. The third-order valence-corrected chi connectivity index (χ3v) is 14.5. The van der Waals surface area contributed by atoms with E-state index in [4.69, 9.17) is 4.74 Å². The highest BCUT2D eigenvalue weighted by atomic mass is 32.2. The summed E-state index contributed by atoms with van der Waals surface area (Å²) in [5.41, 5.74) is 1.68. The molecule has 322 valence electrons. The molecule has 8 rings (SSSR count).